The number of amides is 2. The molecule has 3 aromatic rings. The highest BCUT2D eigenvalue weighted by molar-refractivity contribution is 7.18. The lowest BCUT2D eigenvalue weighted by Crippen LogP contribution is -2.20. The summed E-state index contributed by atoms with van der Waals surface area (Å²) in [6.07, 6.45) is 0. The summed E-state index contributed by atoms with van der Waals surface area (Å²) < 4.78 is 10.5. The molecule has 0 bridgehead atoms. The summed E-state index contributed by atoms with van der Waals surface area (Å²) in [6, 6.07) is 17.6. The summed E-state index contributed by atoms with van der Waals surface area (Å²) in [5.41, 5.74) is 1.97. The summed E-state index contributed by atoms with van der Waals surface area (Å²) >= 11 is 0.975. The number of hydrogen-bond acceptors (Lipinski definition) is 6. The van der Waals surface area contributed by atoms with Crippen LogP contribution in [0.4, 0.5) is 15.5 Å². The van der Waals surface area contributed by atoms with E-state index in [9.17, 15) is 14.4 Å². The molecule has 0 aliphatic heterocycles. The molecule has 0 unspecified atom stereocenters. The minimum Gasteiger partial charge on any atom is -0.462 e. The molecule has 0 radical (unpaired) electrons. The zero-order valence-corrected chi connectivity index (χ0v) is 18.0. The second-order valence-corrected chi connectivity index (χ2v) is 7.51. The number of rotatable bonds is 7. The summed E-state index contributed by atoms with van der Waals surface area (Å²) in [5, 5.41) is 5.55. The number of urea groups is 1. The van der Waals surface area contributed by atoms with Gasteiger partial charge in [0.1, 0.15) is 16.5 Å². The summed E-state index contributed by atoms with van der Waals surface area (Å²) in [7, 11) is 0. The lowest BCUT2D eigenvalue weighted by atomic mass is 10.1. The van der Waals surface area contributed by atoms with E-state index >= 15 is 0 Å². The van der Waals surface area contributed by atoms with Crippen molar-refractivity contribution in [1.29, 1.82) is 0 Å². The highest BCUT2D eigenvalue weighted by atomic mass is 32.1. The Balaban J connectivity index is 1.81. The maximum absolute atomic E-state index is 12.7. The Morgan fingerprint density at radius 2 is 1.52 bits per heavy atom. The molecule has 8 heteroatoms. The molecular weight excluding hydrogens is 416 g/mol. The molecule has 2 aromatic carbocycles. The van der Waals surface area contributed by atoms with Gasteiger partial charge in [0.25, 0.3) is 0 Å². The molecule has 0 saturated carbocycles. The molecule has 0 saturated heterocycles. The van der Waals surface area contributed by atoms with Crippen LogP contribution in [0.1, 0.15) is 38.1 Å². The largest absolute Gasteiger partial charge is 0.462 e. The van der Waals surface area contributed by atoms with Crippen molar-refractivity contribution in [3.05, 3.63) is 82.2 Å². The number of benzene rings is 2. The zero-order chi connectivity index (χ0) is 22.2. The van der Waals surface area contributed by atoms with Crippen LogP contribution >= 0.6 is 11.3 Å². The van der Waals surface area contributed by atoms with Crippen molar-refractivity contribution in [2.24, 2.45) is 0 Å². The Labute approximate surface area is 184 Å². The molecule has 0 aliphatic rings. The van der Waals surface area contributed by atoms with E-state index < -0.39 is 18.0 Å². The van der Waals surface area contributed by atoms with Gasteiger partial charge in [-0.2, -0.15) is 0 Å². The molecule has 1 heterocycles. The predicted octanol–water partition coefficient (Wildman–Crippen LogP) is 5.23. The lowest BCUT2D eigenvalue weighted by molar-refractivity contribution is 0.0477. The number of carbonyl (C=O) groups excluding carboxylic acids is 3. The van der Waals surface area contributed by atoms with Crippen LogP contribution in [0.25, 0.3) is 0 Å². The molecular formula is C23H22N2O5S. The van der Waals surface area contributed by atoms with Gasteiger partial charge >= 0.3 is 18.0 Å². The van der Waals surface area contributed by atoms with E-state index in [1.165, 1.54) is 0 Å². The Hall–Kier alpha value is -3.65. The molecule has 7 nitrogen and oxygen atoms in total. The predicted molar refractivity (Wildman–Crippen MR) is 120 cm³/mol. The van der Waals surface area contributed by atoms with Crippen molar-refractivity contribution >= 4 is 40.0 Å². The average Bonchev–Trinajstić information content (AvgIpc) is 3.09. The molecule has 160 valence electrons. The lowest BCUT2D eigenvalue weighted by Gasteiger charge is -2.08. The van der Waals surface area contributed by atoms with Gasteiger partial charge in [0, 0.05) is 5.69 Å². The van der Waals surface area contributed by atoms with E-state index in [0.717, 1.165) is 16.9 Å². The molecule has 2 amide bonds. The standard InChI is InChI=1S/C23H22N2O5S/c1-3-29-21(26)18-15(2)19(22(27)30-14-16-10-6-4-7-11-16)31-20(18)25-23(28)24-17-12-8-5-9-13-17/h4-13H,3,14H2,1-2H3,(H2,24,25,28). The maximum atomic E-state index is 12.7. The van der Waals surface area contributed by atoms with Crippen molar-refractivity contribution in [3.8, 4) is 0 Å². The van der Waals surface area contributed by atoms with Gasteiger partial charge < -0.3 is 14.8 Å². The van der Waals surface area contributed by atoms with Gasteiger partial charge in [-0.05, 0) is 37.1 Å². The summed E-state index contributed by atoms with van der Waals surface area (Å²) in [5.74, 6) is -1.19. The van der Waals surface area contributed by atoms with Gasteiger partial charge in [0.2, 0.25) is 0 Å². The third kappa shape index (κ3) is 5.70. The average molecular weight is 439 g/mol. The monoisotopic (exact) mass is 438 g/mol. The summed E-state index contributed by atoms with van der Waals surface area (Å²) in [4.78, 5) is 37.8. The van der Waals surface area contributed by atoms with Crippen molar-refractivity contribution in [3.63, 3.8) is 0 Å². The molecule has 3 rings (SSSR count). The Morgan fingerprint density at radius 3 is 2.16 bits per heavy atom. The van der Waals surface area contributed by atoms with Gasteiger partial charge in [-0.25, -0.2) is 14.4 Å². The van der Waals surface area contributed by atoms with E-state index in [2.05, 4.69) is 10.6 Å². The van der Waals surface area contributed by atoms with Crippen LogP contribution in [0.2, 0.25) is 0 Å². The first-order valence-corrected chi connectivity index (χ1v) is 10.5. The van der Waals surface area contributed by atoms with Crippen LogP contribution in [0, 0.1) is 6.92 Å². The van der Waals surface area contributed by atoms with E-state index in [1.807, 2.05) is 36.4 Å². The van der Waals surface area contributed by atoms with Crippen LogP contribution in [0.5, 0.6) is 0 Å². The van der Waals surface area contributed by atoms with Crippen LogP contribution in [-0.4, -0.2) is 24.6 Å². The number of esters is 2. The topological polar surface area (TPSA) is 93.7 Å². The zero-order valence-electron chi connectivity index (χ0n) is 17.1. The van der Waals surface area contributed by atoms with E-state index in [-0.39, 0.29) is 28.7 Å². The van der Waals surface area contributed by atoms with Crippen molar-refractivity contribution < 1.29 is 23.9 Å². The molecule has 0 spiro atoms. The second kappa shape index (κ2) is 10.4. The summed E-state index contributed by atoms with van der Waals surface area (Å²) in [6.45, 7) is 3.58. The molecule has 31 heavy (non-hydrogen) atoms. The van der Waals surface area contributed by atoms with Crippen LogP contribution in [0.15, 0.2) is 60.7 Å². The normalized spacial score (nSPS) is 10.3. The van der Waals surface area contributed by atoms with Crippen LogP contribution in [0.3, 0.4) is 0 Å². The van der Waals surface area contributed by atoms with Gasteiger partial charge in [-0.3, -0.25) is 5.32 Å². The fraction of sp³-hybridized carbons (Fsp3) is 0.174. The number of thiophene rings is 1. The second-order valence-electron chi connectivity index (χ2n) is 6.49. The highest BCUT2D eigenvalue weighted by Crippen LogP contribution is 2.34. The minimum atomic E-state index is -0.617. The molecule has 0 fully saturated rings. The smallest absolute Gasteiger partial charge is 0.349 e. The highest BCUT2D eigenvalue weighted by Gasteiger charge is 2.27. The number of anilines is 2. The number of ether oxygens (including phenoxy) is 2. The first-order chi connectivity index (χ1) is 15.0. The third-order valence-electron chi connectivity index (χ3n) is 4.28. The quantitative estimate of drug-likeness (QED) is 0.493. The van der Waals surface area contributed by atoms with E-state index in [4.69, 9.17) is 9.47 Å². The van der Waals surface area contributed by atoms with Crippen molar-refractivity contribution in [1.82, 2.24) is 0 Å². The molecule has 0 atom stereocenters. The minimum absolute atomic E-state index is 0.100. The van der Waals surface area contributed by atoms with Gasteiger partial charge in [-0.15, -0.1) is 11.3 Å². The Bertz CT molecular complexity index is 1060. The van der Waals surface area contributed by atoms with Gasteiger partial charge in [-0.1, -0.05) is 48.5 Å². The molecule has 2 N–H and O–H groups in total. The van der Waals surface area contributed by atoms with Crippen LogP contribution < -0.4 is 10.6 Å². The number of nitrogens with one attached hydrogen (secondary N) is 2. The van der Waals surface area contributed by atoms with E-state index in [0.29, 0.717) is 11.3 Å². The SMILES string of the molecule is CCOC(=O)c1c(NC(=O)Nc2ccccc2)sc(C(=O)OCc2ccccc2)c1C. The molecule has 1 aromatic heterocycles. The number of para-hydroxylation sites is 1. The Kier molecular flexibility index (Phi) is 7.40. The van der Waals surface area contributed by atoms with Crippen LogP contribution in [-0.2, 0) is 16.1 Å². The fourth-order valence-corrected chi connectivity index (χ4v) is 3.90. The third-order valence-corrected chi connectivity index (χ3v) is 5.47. The fourth-order valence-electron chi connectivity index (χ4n) is 2.82. The number of hydrogen-bond donors (Lipinski definition) is 2. The number of carbonyl (C=O) groups is 3. The van der Waals surface area contributed by atoms with Crippen molar-refractivity contribution in [2.75, 3.05) is 17.2 Å². The van der Waals surface area contributed by atoms with Gasteiger partial charge in [0.05, 0.1) is 12.2 Å². The maximum Gasteiger partial charge on any atom is 0.349 e. The first kappa shape index (κ1) is 22.0. The van der Waals surface area contributed by atoms with Gasteiger partial charge in [0.15, 0.2) is 0 Å². The molecule has 0 aliphatic carbocycles. The van der Waals surface area contributed by atoms with E-state index in [1.54, 1.807) is 38.1 Å². The Morgan fingerprint density at radius 1 is 0.871 bits per heavy atom. The first-order valence-electron chi connectivity index (χ1n) is 9.64. The van der Waals surface area contributed by atoms with Crippen molar-refractivity contribution in [2.45, 2.75) is 20.5 Å².